The fourth-order valence-corrected chi connectivity index (χ4v) is 4.04. The van der Waals surface area contributed by atoms with Gasteiger partial charge in [0.2, 0.25) is 0 Å². The predicted octanol–water partition coefficient (Wildman–Crippen LogP) is 4.80. The molecule has 0 atom stereocenters. The number of rotatable bonds is 4. The van der Waals surface area contributed by atoms with Gasteiger partial charge < -0.3 is 10.2 Å². The predicted molar refractivity (Wildman–Crippen MR) is 96.5 cm³/mol. The number of aryl methyl sites for hydroxylation is 2. The number of nitrogens with zero attached hydrogens (tertiary/aromatic N) is 1. The van der Waals surface area contributed by atoms with Crippen LogP contribution in [0, 0.1) is 13.8 Å². The van der Waals surface area contributed by atoms with Gasteiger partial charge in [-0.3, -0.25) is 0 Å². The second-order valence-corrected chi connectivity index (χ2v) is 7.22. The van der Waals surface area contributed by atoms with Crippen molar-refractivity contribution < 1.29 is 8.78 Å². The molecule has 3 rings (SSSR count). The third-order valence-corrected chi connectivity index (χ3v) is 5.47. The van der Waals surface area contributed by atoms with Gasteiger partial charge in [-0.25, -0.2) is 8.78 Å². The van der Waals surface area contributed by atoms with Gasteiger partial charge in [0, 0.05) is 41.5 Å². The van der Waals surface area contributed by atoms with Gasteiger partial charge in [0.1, 0.15) is 0 Å². The Labute approximate surface area is 146 Å². The summed E-state index contributed by atoms with van der Waals surface area (Å²) >= 11 is 1.58. The normalized spacial score (nSPS) is 15.1. The van der Waals surface area contributed by atoms with Gasteiger partial charge in [0.15, 0.2) is 0 Å². The first-order valence-corrected chi connectivity index (χ1v) is 8.99. The average Bonchev–Trinajstić information content (AvgIpc) is 2.58. The van der Waals surface area contributed by atoms with Crippen LogP contribution in [0.5, 0.6) is 0 Å². The number of nitrogens with one attached hydrogen (secondary N) is 1. The standard InChI is InChI=1S/C19H22F2N2S/c1-13-3-6-17(14(2)11-13)24-18-12-15(19(20)21)4-5-16(18)23-9-7-22-8-10-23/h3-6,11-12,19,22H,7-10H2,1-2H3. The Balaban J connectivity index is 1.97. The SMILES string of the molecule is Cc1ccc(Sc2cc(C(F)F)ccc2N2CCNCC2)c(C)c1. The Morgan fingerprint density at radius 3 is 2.42 bits per heavy atom. The third-order valence-electron chi connectivity index (χ3n) is 4.24. The van der Waals surface area contributed by atoms with Crippen LogP contribution in [0.25, 0.3) is 0 Å². The highest BCUT2D eigenvalue weighted by Crippen LogP contribution is 2.39. The summed E-state index contributed by atoms with van der Waals surface area (Å²) in [5, 5.41) is 3.33. The number of benzene rings is 2. The molecule has 24 heavy (non-hydrogen) atoms. The van der Waals surface area contributed by atoms with Crippen molar-refractivity contribution in [1.29, 1.82) is 0 Å². The molecule has 0 unspecified atom stereocenters. The van der Waals surface area contributed by atoms with Gasteiger partial charge in [0.05, 0.1) is 5.69 Å². The fourth-order valence-electron chi connectivity index (χ4n) is 2.95. The first-order chi connectivity index (χ1) is 11.5. The summed E-state index contributed by atoms with van der Waals surface area (Å²) in [7, 11) is 0. The highest BCUT2D eigenvalue weighted by Gasteiger charge is 2.18. The second kappa shape index (κ2) is 7.53. The molecule has 1 aliphatic heterocycles. The van der Waals surface area contributed by atoms with Crippen LogP contribution in [-0.2, 0) is 0 Å². The minimum Gasteiger partial charge on any atom is -0.368 e. The summed E-state index contributed by atoms with van der Waals surface area (Å²) in [5.41, 5.74) is 3.52. The first kappa shape index (κ1) is 17.2. The number of anilines is 1. The quantitative estimate of drug-likeness (QED) is 0.854. The topological polar surface area (TPSA) is 15.3 Å². The smallest absolute Gasteiger partial charge is 0.263 e. The lowest BCUT2D eigenvalue weighted by atomic mass is 10.2. The largest absolute Gasteiger partial charge is 0.368 e. The van der Waals surface area contributed by atoms with Crippen LogP contribution in [-0.4, -0.2) is 26.2 Å². The molecule has 1 heterocycles. The van der Waals surface area contributed by atoms with E-state index < -0.39 is 6.43 Å². The summed E-state index contributed by atoms with van der Waals surface area (Å²) in [4.78, 5) is 4.29. The summed E-state index contributed by atoms with van der Waals surface area (Å²) in [5.74, 6) is 0. The van der Waals surface area contributed by atoms with E-state index in [1.807, 2.05) is 6.07 Å². The molecular weight excluding hydrogens is 326 g/mol. The molecule has 128 valence electrons. The molecule has 0 saturated carbocycles. The molecule has 5 heteroatoms. The molecule has 0 amide bonds. The van der Waals surface area contributed by atoms with E-state index in [9.17, 15) is 8.78 Å². The molecule has 0 radical (unpaired) electrons. The van der Waals surface area contributed by atoms with Crippen molar-refractivity contribution in [2.75, 3.05) is 31.1 Å². The van der Waals surface area contributed by atoms with Crippen LogP contribution in [0.2, 0.25) is 0 Å². The van der Waals surface area contributed by atoms with E-state index >= 15 is 0 Å². The van der Waals surface area contributed by atoms with E-state index in [-0.39, 0.29) is 5.56 Å². The van der Waals surface area contributed by atoms with Crippen molar-refractivity contribution in [2.45, 2.75) is 30.1 Å². The Bertz CT molecular complexity index is 713. The lowest BCUT2D eigenvalue weighted by Crippen LogP contribution is -2.43. The summed E-state index contributed by atoms with van der Waals surface area (Å²) < 4.78 is 26.3. The van der Waals surface area contributed by atoms with E-state index in [1.54, 1.807) is 23.9 Å². The second-order valence-electron chi connectivity index (χ2n) is 6.14. The first-order valence-electron chi connectivity index (χ1n) is 8.17. The lowest BCUT2D eigenvalue weighted by Gasteiger charge is -2.31. The Hall–Kier alpha value is -1.59. The molecule has 0 bridgehead atoms. The number of hydrogen-bond donors (Lipinski definition) is 1. The molecular formula is C19H22F2N2S. The summed E-state index contributed by atoms with van der Waals surface area (Å²) in [6, 6.07) is 11.3. The Morgan fingerprint density at radius 2 is 1.75 bits per heavy atom. The minimum atomic E-state index is -2.44. The molecule has 2 aromatic carbocycles. The molecule has 1 saturated heterocycles. The zero-order valence-corrected chi connectivity index (χ0v) is 14.8. The van der Waals surface area contributed by atoms with Gasteiger partial charge in [0.25, 0.3) is 6.43 Å². The maximum atomic E-state index is 13.2. The van der Waals surface area contributed by atoms with Crippen molar-refractivity contribution in [2.24, 2.45) is 0 Å². The average molecular weight is 348 g/mol. The van der Waals surface area contributed by atoms with E-state index in [1.165, 1.54) is 11.1 Å². The van der Waals surface area contributed by atoms with Crippen LogP contribution in [0.1, 0.15) is 23.1 Å². The van der Waals surface area contributed by atoms with Crippen molar-refractivity contribution in [3.05, 3.63) is 53.1 Å². The van der Waals surface area contributed by atoms with Crippen LogP contribution in [0.4, 0.5) is 14.5 Å². The van der Waals surface area contributed by atoms with E-state index in [2.05, 4.69) is 42.3 Å². The number of piperazine rings is 1. The molecule has 2 aromatic rings. The van der Waals surface area contributed by atoms with Crippen LogP contribution in [0.15, 0.2) is 46.2 Å². The number of alkyl halides is 2. The number of halogens is 2. The number of hydrogen-bond acceptors (Lipinski definition) is 3. The van der Waals surface area contributed by atoms with E-state index in [0.717, 1.165) is 41.7 Å². The molecule has 0 aromatic heterocycles. The van der Waals surface area contributed by atoms with Crippen LogP contribution in [0.3, 0.4) is 0 Å². The molecule has 2 nitrogen and oxygen atoms in total. The highest BCUT2D eigenvalue weighted by atomic mass is 32.2. The molecule has 1 N–H and O–H groups in total. The fraction of sp³-hybridized carbons (Fsp3) is 0.368. The van der Waals surface area contributed by atoms with Crippen molar-refractivity contribution in [1.82, 2.24) is 5.32 Å². The van der Waals surface area contributed by atoms with Gasteiger partial charge in [-0.2, -0.15) is 0 Å². The van der Waals surface area contributed by atoms with E-state index in [0.29, 0.717) is 0 Å². The van der Waals surface area contributed by atoms with E-state index in [4.69, 9.17) is 0 Å². The van der Waals surface area contributed by atoms with Gasteiger partial charge in [-0.05, 0) is 37.6 Å². The van der Waals surface area contributed by atoms with Gasteiger partial charge in [-0.15, -0.1) is 0 Å². The zero-order valence-electron chi connectivity index (χ0n) is 14.0. The molecule has 0 aliphatic carbocycles. The third kappa shape index (κ3) is 3.90. The van der Waals surface area contributed by atoms with Crippen molar-refractivity contribution in [3.8, 4) is 0 Å². The van der Waals surface area contributed by atoms with Crippen LogP contribution < -0.4 is 10.2 Å². The molecule has 1 aliphatic rings. The minimum absolute atomic E-state index is 0.0844. The lowest BCUT2D eigenvalue weighted by molar-refractivity contribution is 0.151. The molecule has 0 spiro atoms. The maximum absolute atomic E-state index is 13.2. The van der Waals surface area contributed by atoms with Crippen molar-refractivity contribution >= 4 is 17.4 Å². The maximum Gasteiger partial charge on any atom is 0.263 e. The zero-order chi connectivity index (χ0) is 17.1. The van der Waals surface area contributed by atoms with Gasteiger partial charge >= 0.3 is 0 Å². The summed E-state index contributed by atoms with van der Waals surface area (Å²) in [6.45, 7) is 7.76. The summed E-state index contributed by atoms with van der Waals surface area (Å²) in [6.07, 6.45) is -2.44. The van der Waals surface area contributed by atoms with Gasteiger partial charge in [-0.1, -0.05) is 35.5 Å². The molecule has 1 fully saturated rings. The Morgan fingerprint density at radius 1 is 1.00 bits per heavy atom. The van der Waals surface area contributed by atoms with Crippen LogP contribution >= 0.6 is 11.8 Å². The van der Waals surface area contributed by atoms with Crippen molar-refractivity contribution in [3.63, 3.8) is 0 Å². The highest BCUT2D eigenvalue weighted by molar-refractivity contribution is 7.99. The monoisotopic (exact) mass is 348 g/mol. The Kier molecular flexibility index (Phi) is 5.41.